The molecular weight excluding hydrogens is 388 g/mol. The molecule has 0 radical (unpaired) electrons. The third-order valence-electron chi connectivity index (χ3n) is 5.34. The normalized spacial score (nSPS) is 13.6. The van der Waals surface area contributed by atoms with Crippen LogP contribution in [0.1, 0.15) is 59.8 Å². The fourth-order valence-electron chi connectivity index (χ4n) is 4.15. The maximum absolute atomic E-state index is 12.0. The minimum atomic E-state index is -1.06. The van der Waals surface area contributed by atoms with Crippen molar-refractivity contribution in [2.45, 2.75) is 39.2 Å². The third kappa shape index (κ3) is 4.33. The highest BCUT2D eigenvalue weighted by Crippen LogP contribution is 2.43. The number of aromatic carboxylic acids is 1. The van der Waals surface area contributed by atoms with Crippen LogP contribution in [0.25, 0.3) is 11.1 Å². The number of phenols is 1. The van der Waals surface area contributed by atoms with Crippen LogP contribution in [0.4, 0.5) is 0 Å². The molecule has 0 atom stereocenters. The van der Waals surface area contributed by atoms with Gasteiger partial charge in [0.25, 0.3) is 0 Å². The largest absolute Gasteiger partial charge is 0.508 e. The van der Waals surface area contributed by atoms with E-state index in [1.165, 1.54) is 6.07 Å². The van der Waals surface area contributed by atoms with Gasteiger partial charge in [0, 0.05) is 0 Å². The number of aromatic hydroxyl groups is 1. The number of ether oxygens (including phenoxy) is 1. The van der Waals surface area contributed by atoms with Gasteiger partial charge in [-0.2, -0.15) is 0 Å². The lowest BCUT2D eigenvalue weighted by molar-refractivity contribution is 0.0696. The first kappa shape index (κ1) is 20.7. The van der Waals surface area contributed by atoms with E-state index >= 15 is 0 Å². The number of carboxylic acids is 1. The van der Waals surface area contributed by atoms with Gasteiger partial charge < -0.3 is 14.9 Å². The van der Waals surface area contributed by atoms with E-state index in [2.05, 4.69) is 18.2 Å². The molecule has 0 aliphatic heterocycles. The summed E-state index contributed by atoms with van der Waals surface area (Å²) in [5.74, 6) is -0.323. The number of allylic oxidation sites excluding steroid dienone is 1. The number of fused-ring (bicyclic) bond motifs is 1. The monoisotopic (exact) mass is 414 g/mol. The van der Waals surface area contributed by atoms with Crippen molar-refractivity contribution in [1.29, 1.82) is 0 Å². The standard InChI is InChI=1S/C27H26O4/c1-27(2,3)31-20-11-14-22-18(15-20)9-12-21(17-7-5-4-6-8-17)25(22)23-13-10-19(28)16-24(23)26(29)30/h4-8,10-11,13-16,28H,9,12H2,1-3H3,(H,29,30). The van der Waals surface area contributed by atoms with Crippen molar-refractivity contribution in [2.24, 2.45) is 0 Å². The van der Waals surface area contributed by atoms with Gasteiger partial charge in [-0.15, -0.1) is 0 Å². The van der Waals surface area contributed by atoms with Crippen LogP contribution < -0.4 is 4.74 Å². The van der Waals surface area contributed by atoms with Gasteiger partial charge in [0.1, 0.15) is 17.1 Å². The second-order valence-corrected chi connectivity index (χ2v) is 8.79. The molecule has 0 aromatic heterocycles. The van der Waals surface area contributed by atoms with Gasteiger partial charge in [-0.05, 0) is 97.3 Å². The zero-order valence-corrected chi connectivity index (χ0v) is 18.0. The van der Waals surface area contributed by atoms with Gasteiger partial charge in [-0.25, -0.2) is 4.79 Å². The summed E-state index contributed by atoms with van der Waals surface area (Å²) >= 11 is 0. The zero-order chi connectivity index (χ0) is 22.2. The average Bonchev–Trinajstić information content (AvgIpc) is 2.72. The van der Waals surface area contributed by atoms with Crippen LogP contribution in [0.5, 0.6) is 11.5 Å². The van der Waals surface area contributed by atoms with Gasteiger partial charge in [0.05, 0.1) is 5.56 Å². The van der Waals surface area contributed by atoms with Crippen molar-refractivity contribution in [2.75, 3.05) is 0 Å². The first-order valence-corrected chi connectivity index (χ1v) is 10.4. The quantitative estimate of drug-likeness (QED) is 0.535. The molecule has 3 aromatic rings. The Labute approximate surface area is 182 Å². The van der Waals surface area contributed by atoms with E-state index in [0.29, 0.717) is 5.56 Å². The van der Waals surface area contributed by atoms with Crippen LogP contribution in [0.2, 0.25) is 0 Å². The Hall–Kier alpha value is -3.53. The van der Waals surface area contributed by atoms with Crippen LogP contribution in [0.3, 0.4) is 0 Å². The molecule has 0 spiro atoms. The predicted molar refractivity (Wildman–Crippen MR) is 123 cm³/mol. The summed E-state index contributed by atoms with van der Waals surface area (Å²) in [5, 5.41) is 19.8. The second kappa shape index (κ2) is 7.95. The number of hydrogen-bond donors (Lipinski definition) is 2. The Balaban J connectivity index is 1.96. The molecular formula is C27H26O4. The molecule has 3 aromatic carbocycles. The Bertz CT molecular complexity index is 1170. The summed E-state index contributed by atoms with van der Waals surface area (Å²) in [5.41, 5.74) is 5.59. The summed E-state index contributed by atoms with van der Waals surface area (Å²) < 4.78 is 6.05. The van der Waals surface area contributed by atoms with E-state index in [1.54, 1.807) is 12.1 Å². The lowest BCUT2D eigenvalue weighted by Crippen LogP contribution is -2.23. The van der Waals surface area contributed by atoms with Crippen LogP contribution in [-0.2, 0) is 6.42 Å². The number of aryl methyl sites for hydroxylation is 1. The van der Waals surface area contributed by atoms with E-state index in [9.17, 15) is 15.0 Å². The molecule has 1 aliphatic rings. The molecule has 4 rings (SSSR count). The molecule has 31 heavy (non-hydrogen) atoms. The van der Waals surface area contributed by atoms with Gasteiger partial charge in [-0.3, -0.25) is 0 Å². The Morgan fingerprint density at radius 2 is 1.61 bits per heavy atom. The SMILES string of the molecule is CC(C)(C)Oc1ccc2c(c1)CCC(c1ccccc1)=C2c1ccc(O)cc1C(=O)O. The third-order valence-corrected chi connectivity index (χ3v) is 5.34. The van der Waals surface area contributed by atoms with Crippen LogP contribution >= 0.6 is 0 Å². The summed E-state index contributed by atoms with van der Waals surface area (Å²) in [6, 6.07) is 20.6. The molecule has 0 saturated carbocycles. The van der Waals surface area contributed by atoms with E-state index in [1.807, 2.05) is 51.1 Å². The molecule has 0 amide bonds. The molecule has 0 heterocycles. The lowest BCUT2D eigenvalue weighted by atomic mass is 9.78. The molecule has 0 unspecified atom stereocenters. The fourth-order valence-corrected chi connectivity index (χ4v) is 4.15. The molecule has 158 valence electrons. The average molecular weight is 415 g/mol. The number of benzene rings is 3. The Morgan fingerprint density at radius 3 is 2.29 bits per heavy atom. The maximum Gasteiger partial charge on any atom is 0.336 e. The molecule has 4 heteroatoms. The van der Waals surface area contributed by atoms with Crippen LogP contribution in [0.15, 0.2) is 66.7 Å². The van der Waals surface area contributed by atoms with Gasteiger partial charge in [0.15, 0.2) is 0 Å². The topological polar surface area (TPSA) is 66.8 Å². The molecule has 1 aliphatic carbocycles. The Morgan fingerprint density at radius 1 is 0.903 bits per heavy atom. The first-order valence-electron chi connectivity index (χ1n) is 10.4. The summed E-state index contributed by atoms with van der Waals surface area (Å²) in [6.07, 6.45) is 1.62. The number of carbonyl (C=O) groups is 1. The van der Waals surface area contributed by atoms with Crippen molar-refractivity contribution < 1.29 is 19.7 Å². The van der Waals surface area contributed by atoms with E-state index in [-0.39, 0.29) is 16.9 Å². The van der Waals surface area contributed by atoms with Crippen molar-refractivity contribution in [3.05, 3.63) is 94.5 Å². The predicted octanol–water partition coefficient (Wildman–Crippen LogP) is 6.17. The van der Waals surface area contributed by atoms with E-state index < -0.39 is 5.97 Å². The fraction of sp³-hybridized carbons (Fsp3) is 0.222. The highest BCUT2D eigenvalue weighted by Gasteiger charge is 2.26. The number of rotatable bonds is 4. The molecule has 0 saturated heterocycles. The highest BCUT2D eigenvalue weighted by molar-refractivity contribution is 6.06. The summed E-state index contributed by atoms with van der Waals surface area (Å²) in [4.78, 5) is 12.0. The second-order valence-electron chi connectivity index (χ2n) is 8.79. The van der Waals surface area contributed by atoms with Gasteiger partial charge >= 0.3 is 5.97 Å². The maximum atomic E-state index is 12.0. The summed E-state index contributed by atoms with van der Waals surface area (Å²) in [6.45, 7) is 6.04. The molecule has 0 bridgehead atoms. The lowest BCUT2D eigenvalue weighted by Gasteiger charge is -2.27. The number of phenolic OH excluding ortho intramolecular Hbond substituents is 1. The summed E-state index contributed by atoms with van der Waals surface area (Å²) in [7, 11) is 0. The highest BCUT2D eigenvalue weighted by atomic mass is 16.5. The zero-order valence-electron chi connectivity index (χ0n) is 18.0. The van der Waals surface area contributed by atoms with Gasteiger partial charge in [-0.1, -0.05) is 36.4 Å². The number of hydrogen-bond acceptors (Lipinski definition) is 3. The first-order chi connectivity index (χ1) is 14.7. The van der Waals surface area contributed by atoms with Crippen molar-refractivity contribution in [3.63, 3.8) is 0 Å². The van der Waals surface area contributed by atoms with Crippen LogP contribution in [-0.4, -0.2) is 21.8 Å². The molecule has 0 fully saturated rings. The van der Waals surface area contributed by atoms with E-state index in [0.717, 1.165) is 46.4 Å². The van der Waals surface area contributed by atoms with Crippen molar-refractivity contribution >= 4 is 17.1 Å². The van der Waals surface area contributed by atoms with Crippen LogP contribution in [0, 0.1) is 0 Å². The van der Waals surface area contributed by atoms with Gasteiger partial charge in [0.2, 0.25) is 0 Å². The van der Waals surface area contributed by atoms with E-state index in [4.69, 9.17) is 4.74 Å². The molecule has 2 N–H and O–H groups in total. The molecule has 4 nitrogen and oxygen atoms in total. The smallest absolute Gasteiger partial charge is 0.336 e. The van der Waals surface area contributed by atoms with Crippen molar-refractivity contribution in [1.82, 2.24) is 0 Å². The number of carboxylic acid groups (broad SMARTS) is 1. The Kier molecular flexibility index (Phi) is 5.32. The van der Waals surface area contributed by atoms with Crippen molar-refractivity contribution in [3.8, 4) is 11.5 Å². The minimum absolute atomic E-state index is 0.0621. The minimum Gasteiger partial charge on any atom is -0.508 e.